The maximum Gasteiger partial charge on any atom is 0.305 e. The fourth-order valence-corrected chi connectivity index (χ4v) is 2.22. The number of furan rings is 1. The molecule has 11 nitrogen and oxygen atoms in total. The quantitative estimate of drug-likeness (QED) is 0.528. The molecule has 0 radical (unpaired) electrons. The number of carbonyl (C=O) groups is 1. The standard InChI is InChI=1S/C14H9N5O6/c20-14(11-4-2-6-25-11)17-16-13-10(19(23)24)7-9(18(21)22)8-3-1-5-15-12(8)13/h1-7,16H,(H,17,20). The number of rotatable bonds is 5. The van der Waals surface area contributed by atoms with Crippen LogP contribution in [-0.4, -0.2) is 20.7 Å². The molecule has 0 atom stereocenters. The number of carbonyl (C=O) groups excluding carboxylic acids is 1. The van der Waals surface area contributed by atoms with Crippen LogP contribution in [-0.2, 0) is 0 Å². The number of nitro groups is 2. The third-order valence-electron chi connectivity index (χ3n) is 3.29. The van der Waals surface area contributed by atoms with Gasteiger partial charge in [0.15, 0.2) is 11.4 Å². The normalized spacial score (nSPS) is 10.4. The summed E-state index contributed by atoms with van der Waals surface area (Å²) in [6.07, 6.45) is 2.62. The predicted molar refractivity (Wildman–Crippen MR) is 84.8 cm³/mol. The third kappa shape index (κ3) is 2.93. The van der Waals surface area contributed by atoms with Gasteiger partial charge in [0, 0.05) is 6.20 Å². The Morgan fingerprint density at radius 1 is 1.12 bits per heavy atom. The van der Waals surface area contributed by atoms with E-state index in [-0.39, 0.29) is 22.4 Å². The molecule has 2 N–H and O–H groups in total. The van der Waals surface area contributed by atoms with Crippen LogP contribution in [0, 0.1) is 20.2 Å². The van der Waals surface area contributed by atoms with E-state index in [4.69, 9.17) is 4.42 Å². The minimum absolute atomic E-state index is 0.0191. The lowest BCUT2D eigenvalue weighted by Crippen LogP contribution is -2.29. The summed E-state index contributed by atoms with van der Waals surface area (Å²) in [7, 11) is 0. The lowest BCUT2D eigenvalue weighted by molar-refractivity contribution is -0.392. The zero-order valence-electron chi connectivity index (χ0n) is 12.3. The molecule has 25 heavy (non-hydrogen) atoms. The second-order valence-corrected chi connectivity index (χ2v) is 4.76. The summed E-state index contributed by atoms with van der Waals surface area (Å²) in [5.74, 6) is -0.698. The molecule has 0 aliphatic heterocycles. The van der Waals surface area contributed by atoms with Crippen LogP contribution in [0.5, 0.6) is 0 Å². The van der Waals surface area contributed by atoms with Gasteiger partial charge in [-0.1, -0.05) is 0 Å². The molecule has 0 unspecified atom stereocenters. The molecule has 0 bridgehead atoms. The zero-order chi connectivity index (χ0) is 18.0. The summed E-state index contributed by atoms with van der Waals surface area (Å²) in [6, 6.07) is 6.58. The molecule has 0 saturated heterocycles. The van der Waals surface area contributed by atoms with Gasteiger partial charge in [-0.05, 0) is 24.3 Å². The second-order valence-electron chi connectivity index (χ2n) is 4.76. The molecule has 0 spiro atoms. The molecule has 126 valence electrons. The number of amides is 1. The van der Waals surface area contributed by atoms with Crippen molar-refractivity contribution in [2.45, 2.75) is 0 Å². The van der Waals surface area contributed by atoms with E-state index in [1.807, 2.05) is 0 Å². The van der Waals surface area contributed by atoms with Gasteiger partial charge in [0.2, 0.25) is 0 Å². The number of hydrogen-bond donors (Lipinski definition) is 2. The smallest absolute Gasteiger partial charge is 0.305 e. The van der Waals surface area contributed by atoms with Gasteiger partial charge >= 0.3 is 11.6 Å². The van der Waals surface area contributed by atoms with Crippen molar-refractivity contribution < 1.29 is 19.1 Å². The Labute approximate surface area is 138 Å². The third-order valence-corrected chi connectivity index (χ3v) is 3.29. The number of anilines is 1. The Hall–Kier alpha value is -4.02. The van der Waals surface area contributed by atoms with E-state index in [0.717, 1.165) is 6.07 Å². The van der Waals surface area contributed by atoms with Crippen molar-refractivity contribution >= 4 is 33.9 Å². The van der Waals surface area contributed by atoms with Crippen molar-refractivity contribution in [2.24, 2.45) is 0 Å². The lowest BCUT2D eigenvalue weighted by atomic mass is 10.1. The largest absolute Gasteiger partial charge is 0.459 e. The predicted octanol–water partition coefficient (Wildman–Crippen LogP) is 2.40. The van der Waals surface area contributed by atoms with Crippen LogP contribution in [0.2, 0.25) is 0 Å². The van der Waals surface area contributed by atoms with Gasteiger partial charge < -0.3 is 4.42 Å². The SMILES string of the molecule is O=C(NNc1c([N+](=O)[O-])cc([N+](=O)[O-])c2cccnc12)c1ccco1. The van der Waals surface area contributed by atoms with Crippen molar-refractivity contribution in [2.75, 3.05) is 5.43 Å². The number of nitrogens with zero attached hydrogens (tertiary/aromatic N) is 3. The maximum atomic E-state index is 11.9. The fraction of sp³-hybridized carbons (Fsp3) is 0. The van der Waals surface area contributed by atoms with Crippen LogP contribution in [0.15, 0.2) is 47.2 Å². The first-order valence-electron chi connectivity index (χ1n) is 6.79. The van der Waals surface area contributed by atoms with Gasteiger partial charge in [-0.2, -0.15) is 0 Å². The van der Waals surface area contributed by atoms with E-state index in [9.17, 15) is 25.0 Å². The molecule has 3 rings (SSSR count). The lowest BCUT2D eigenvalue weighted by Gasteiger charge is -2.10. The van der Waals surface area contributed by atoms with Crippen LogP contribution in [0.4, 0.5) is 17.1 Å². The van der Waals surface area contributed by atoms with Gasteiger partial charge in [0.25, 0.3) is 5.69 Å². The average Bonchev–Trinajstić information content (AvgIpc) is 3.13. The summed E-state index contributed by atoms with van der Waals surface area (Å²) < 4.78 is 4.91. The first kappa shape index (κ1) is 15.9. The number of nitrogens with one attached hydrogen (secondary N) is 2. The van der Waals surface area contributed by atoms with E-state index in [0.29, 0.717) is 0 Å². The number of hydrogen-bond acceptors (Lipinski definition) is 8. The van der Waals surface area contributed by atoms with E-state index in [1.54, 1.807) is 0 Å². The van der Waals surface area contributed by atoms with E-state index in [2.05, 4.69) is 15.8 Å². The summed E-state index contributed by atoms with van der Waals surface area (Å²) in [4.78, 5) is 36.8. The van der Waals surface area contributed by atoms with Gasteiger partial charge in [0.1, 0.15) is 5.52 Å². The summed E-state index contributed by atoms with van der Waals surface area (Å²) in [5, 5.41) is 22.6. The molecule has 2 aromatic heterocycles. The molecule has 1 amide bonds. The molecule has 0 aliphatic rings. The van der Waals surface area contributed by atoms with Crippen molar-refractivity contribution in [3.8, 4) is 0 Å². The molecule has 3 aromatic rings. The van der Waals surface area contributed by atoms with Gasteiger partial charge in [-0.25, -0.2) is 0 Å². The van der Waals surface area contributed by atoms with Crippen LogP contribution < -0.4 is 10.9 Å². The minimum atomic E-state index is -0.803. The Balaban J connectivity index is 2.08. The van der Waals surface area contributed by atoms with Crippen molar-refractivity contribution in [1.82, 2.24) is 10.4 Å². The Morgan fingerprint density at radius 3 is 2.52 bits per heavy atom. The highest BCUT2D eigenvalue weighted by atomic mass is 16.6. The van der Waals surface area contributed by atoms with E-state index < -0.39 is 27.1 Å². The van der Waals surface area contributed by atoms with Crippen molar-refractivity contribution in [3.63, 3.8) is 0 Å². The number of benzene rings is 1. The summed E-state index contributed by atoms with van der Waals surface area (Å²) in [5.41, 5.74) is 3.39. The number of fused-ring (bicyclic) bond motifs is 1. The first-order valence-corrected chi connectivity index (χ1v) is 6.79. The highest BCUT2D eigenvalue weighted by molar-refractivity contribution is 6.02. The highest BCUT2D eigenvalue weighted by Gasteiger charge is 2.26. The van der Waals surface area contributed by atoms with Gasteiger partial charge in [-0.3, -0.25) is 40.9 Å². The molecule has 0 saturated carbocycles. The maximum absolute atomic E-state index is 11.9. The molecular formula is C14H9N5O6. The monoisotopic (exact) mass is 343 g/mol. The number of hydrazine groups is 1. The molecule has 0 fully saturated rings. The molecule has 1 aromatic carbocycles. The molecule has 0 aliphatic carbocycles. The Morgan fingerprint density at radius 2 is 1.88 bits per heavy atom. The van der Waals surface area contributed by atoms with Crippen LogP contribution in [0.25, 0.3) is 10.9 Å². The van der Waals surface area contributed by atoms with Crippen molar-refractivity contribution in [1.29, 1.82) is 0 Å². The average molecular weight is 343 g/mol. The first-order chi connectivity index (χ1) is 12.0. The van der Waals surface area contributed by atoms with Gasteiger partial charge in [-0.15, -0.1) is 0 Å². The second kappa shape index (κ2) is 6.23. The Kier molecular flexibility index (Phi) is 3.95. The van der Waals surface area contributed by atoms with E-state index >= 15 is 0 Å². The van der Waals surface area contributed by atoms with Crippen LogP contribution >= 0.6 is 0 Å². The van der Waals surface area contributed by atoms with Gasteiger partial charge in [0.05, 0.1) is 27.6 Å². The topological polar surface area (TPSA) is 153 Å². The number of pyridine rings is 1. The summed E-state index contributed by atoms with van der Waals surface area (Å²) >= 11 is 0. The minimum Gasteiger partial charge on any atom is -0.459 e. The van der Waals surface area contributed by atoms with Crippen LogP contribution in [0.1, 0.15) is 10.6 Å². The molecular weight excluding hydrogens is 334 g/mol. The van der Waals surface area contributed by atoms with Crippen LogP contribution in [0.3, 0.4) is 0 Å². The van der Waals surface area contributed by atoms with Crippen molar-refractivity contribution in [3.05, 3.63) is 68.8 Å². The Bertz CT molecular complexity index is 985. The summed E-state index contributed by atoms with van der Waals surface area (Å²) in [6.45, 7) is 0. The highest BCUT2D eigenvalue weighted by Crippen LogP contribution is 2.37. The molecule has 2 heterocycles. The molecule has 11 heteroatoms. The zero-order valence-corrected chi connectivity index (χ0v) is 12.3. The number of non-ortho nitro benzene ring substituents is 1. The number of aromatic nitrogens is 1. The number of nitro benzene ring substituents is 2. The fourth-order valence-electron chi connectivity index (χ4n) is 2.22. The van der Waals surface area contributed by atoms with E-state index in [1.165, 1.54) is 36.7 Å².